The predicted molar refractivity (Wildman–Crippen MR) is 97.6 cm³/mol. The number of rotatable bonds is 3. The fraction of sp³-hybridized carbons (Fsp3) is 0.286. The van der Waals surface area contributed by atoms with Crippen LogP contribution in [0.4, 0.5) is 22.0 Å². The van der Waals surface area contributed by atoms with E-state index in [4.69, 9.17) is 0 Å². The zero-order chi connectivity index (χ0) is 21.9. The largest absolute Gasteiger partial charge is 0.435 e. The van der Waals surface area contributed by atoms with Crippen molar-refractivity contribution >= 4 is 5.91 Å². The minimum absolute atomic E-state index is 0.0286. The zero-order valence-corrected chi connectivity index (χ0v) is 15.4. The highest BCUT2D eigenvalue weighted by Gasteiger charge is 2.34. The summed E-state index contributed by atoms with van der Waals surface area (Å²) in [6, 6.07) is 8.23. The van der Waals surface area contributed by atoms with E-state index in [1.165, 1.54) is 35.2 Å². The van der Waals surface area contributed by atoms with Crippen LogP contribution in [0.25, 0.3) is 11.1 Å². The van der Waals surface area contributed by atoms with Gasteiger partial charge in [-0.15, -0.1) is 0 Å². The molecule has 0 unspecified atom stereocenters. The number of alkyl halides is 5. The maximum atomic E-state index is 13.6. The molecule has 30 heavy (non-hydrogen) atoms. The first kappa shape index (κ1) is 21.6. The van der Waals surface area contributed by atoms with Crippen molar-refractivity contribution in [2.45, 2.75) is 25.3 Å². The van der Waals surface area contributed by atoms with E-state index in [2.05, 4.69) is 16.6 Å². The Kier molecular flexibility index (Phi) is 6.27. The first-order chi connectivity index (χ1) is 14.1. The van der Waals surface area contributed by atoms with E-state index in [1.807, 2.05) is 0 Å². The number of amides is 1. The van der Waals surface area contributed by atoms with Crippen LogP contribution in [-0.2, 0) is 11.0 Å². The zero-order valence-electron chi connectivity index (χ0n) is 15.4. The lowest BCUT2D eigenvalue weighted by molar-refractivity contribution is -0.137. The van der Waals surface area contributed by atoms with Gasteiger partial charge in [-0.3, -0.25) is 4.79 Å². The van der Waals surface area contributed by atoms with Crippen molar-refractivity contribution in [1.82, 2.24) is 4.90 Å². The maximum Gasteiger partial charge on any atom is 0.417 e. The van der Waals surface area contributed by atoms with Gasteiger partial charge in [0.15, 0.2) is 0 Å². The molecule has 2 aromatic carbocycles. The fourth-order valence-electron chi connectivity index (χ4n) is 3.08. The Hall–Kier alpha value is -3.12. The average molecular weight is 425 g/mol. The molecule has 1 aliphatic rings. The number of hydrogen-bond donors (Lipinski definition) is 1. The van der Waals surface area contributed by atoms with Crippen LogP contribution < -0.4 is 4.74 Å². The number of aliphatic hydroxyl groups is 1. The summed E-state index contributed by atoms with van der Waals surface area (Å²) in [5.74, 6) is 3.86. The van der Waals surface area contributed by atoms with Gasteiger partial charge in [0.1, 0.15) is 5.75 Å². The smallest absolute Gasteiger partial charge is 0.417 e. The van der Waals surface area contributed by atoms with Gasteiger partial charge in [-0.2, -0.15) is 22.0 Å². The Morgan fingerprint density at radius 2 is 1.97 bits per heavy atom. The molecule has 0 radical (unpaired) electrons. The number of carbonyl (C=O) groups is 1. The van der Waals surface area contributed by atoms with Gasteiger partial charge in [0.2, 0.25) is 0 Å². The fourth-order valence-corrected chi connectivity index (χ4v) is 3.08. The summed E-state index contributed by atoms with van der Waals surface area (Å²) in [7, 11) is 0. The standard InChI is InChI=1S/C21H16F5NO3/c22-20(23)30-16-3-1-2-14(11-16)17-6-4-13(10-18(17)21(24,25)26)5-7-19(29)27-9-8-15(28)12-27/h1-4,6,10-11,15,20,28H,8-9,12H2/t15-/m1/s1. The summed E-state index contributed by atoms with van der Waals surface area (Å²) < 4.78 is 69.9. The number of halogens is 5. The highest BCUT2D eigenvalue weighted by Crippen LogP contribution is 2.38. The molecule has 9 heteroatoms. The van der Waals surface area contributed by atoms with Crippen LogP contribution in [0, 0.1) is 11.8 Å². The molecular weight excluding hydrogens is 409 g/mol. The summed E-state index contributed by atoms with van der Waals surface area (Å²) in [5.41, 5.74) is -1.24. The molecule has 0 bridgehead atoms. The molecule has 1 heterocycles. The van der Waals surface area contributed by atoms with E-state index >= 15 is 0 Å². The highest BCUT2D eigenvalue weighted by molar-refractivity contribution is 5.94. The lowest BCUT2D eigenvalue weighted by atomic mass is 9.97. The molecule has 0 saturated carbocycles. The molecule has 4 nitrogen and oxygen atoms in total. The van der Waals surface area contributed by atoms with Gasteiger partial charge in [-0.05, 0) is 41.8 Å². The molecule has 0 aliphatic carbocycles. The van der Waals surface area contributed by atoms with Gasteiger partial charge >= 0.3 is 12.8 Å². The molecule has 1 saturated heterocycles. The lowest BCUT2D eigenvalue weighted by Gasteiger charge is -2.14. The number of aliphatic hydroxyl groups excluding tert-OH is 1. The van der Waals surface area contributed by atoms with E-state index in [1.54, 1.807) is 0 Å². The number of hydrogen-bond acceptors (Lipinski definition) is 3. The van der Waals surface area contributed by atoms with Crippen molar-refractivity contribution in [2.75, 3.05) is 13.1 Å². The molecule has 0 spiro atoms. The van der Waals surface area contributed by atoms with Crippen LogP contribution in [0.2, 0.25) is 0 Å². The topological polar surface area (TPSA) is 49.8 Å². The van der Waals surface area contributed by atoms with Crippen molar-refractivity contribution in [3.05, 3.63) is 53.6 Å². The molecular formula is C21H16F5NO3. The molecule has 1 fully saturated rings. The number of benzene rings is 2. The third kappa shape index (κ3) is 5.27. The first-order valence-corrected chi connectivity index (χ1v) is 8.89. The van der Waals surface area contributed by atoms with Crippen LogP contribution in [0.1, 0.15) is 17.5 Å². The number of carbonyl (C=O) groups excluding carboxylic acids is 1. The SMILES string of the molecule is O=C(C#Cc1ccc(-c2cccc(OC(F)F)c2)c(C(F)(F)F)c1)N1CC[C@@H](O)C1. The average Bonchev–Trinajstić information content (AvgIpc) is 3.11. The number of likely N-dealkylation sites (tertiary alicyclic amines) is 1. The van der Waals surface area contributed by atoms with Gasteiger partial charge in [0.25, 0.3) is 5.91 Å². The Balaban J connectivity index is 1.92. The minimum Gasteiger partial charge on any atom is -0.435 e. The molecule has 1 atom stereocenters. The summed E-state index contributed by atoms with van der Waals surface area (Å²) in [4.78, 5) is 13.3. The van der Waals surface area contributed by atoms with Crippen LogP contribution in [0.15, 0.2) is 42.5 Å². The highest BCUT2D eigenvalue weighted by atomic mass is 19.4. The molecule has 1 amide bonds. The Morgan fingerprint density at radius 1 is 1.20 bits per heavy atom. The molecule has 0 aromatic heterocycles. The van der Waals surface area contributed by atoms with Crippen LogP contribution in [0.3, 0.4) is 0 Å². The van der Waals surface area contributed by atoms with E-state index in [9.17, 15) is 31.9 Å². The van der Waals surface area contributed by atoms with Gasteiger partial charge in [0.05, 0.1) is 11.7 Å². The van der Waals surface area contributed by atoms with Crippen LogP contribution in [-0.4, -0.2) is 41.7 Å². The molecule has 1 N–H and O–H groups in total. The van der Waals surface area contributed by atoms with Gasteiger partial charge in [-0.1, -0.05) is 24.1 Å². The van der Waals surface area contributed by atoms with Crippen molar-refractivity contribution < 1.29 is 36.6 Å². The van der Waals surface area contributed by atoms with Crippen LogP contribution in [0.5, 0.6) is 5.75 Å². The van der Waals surface area contributed by atoms with Gasteiger partial charge in [-0.25, -0.2) is 0 Å². The summed E-state index contributed by atoms with van der Waals surface area (Å²) in [6.45, 7) is -2.63. The second-order valence-corrected chi connectivity index (χ2v) is 6.61. The van der Waals surface area contributed by atoms with Crippen LogP contribution >= 0.6 is 0 Å². The monoisotopic (exact) mass is 425 g/mol. The minimum atomic E-state index is -4.74. The van der Waals surface area contributed by atoms with E-state index in [0.717, 1.165) is 12.1 Å². The van der Waals surface area contributed by atoms with Gasteiger partial charge in [0, 0.05) is 24.6 Å². The molecule has 3 rings (SSSR count). The van der Waals surface area contributed by atoms with Crippen molar-refractivity contribution in [3.63, 3.8) is 0 Å². The predicted octanol–water partition coefficient (Wildman–Crippen LogP) is 3.92. The third-order valence-electron chi connectivity index (χ3n) is 4.46. The van der Waals surface area contributed by atoms with E-state index in [-0.39, 0.29) is 29.0 Å². The molecule has 158 valence electrons. The first-order valence-electron chi connectivity index (χ1n) is 8.89. The van der Waals surface area contributed by atoms with Gasteiger partial charge < -0.3 is 14.7 Å². The van der Waals surface area contributed by atoms with E-state index in [0.29, 0.717) is 13.0 Å². The Bertz CT molecular complexity index is 994. The lowest BCUT2D eigenvalue weighted by Crippen LogP contribution is -2.28. The second-order valence-electron chi connectivity index (χ2n) is 6.61. The second kappa shape index (κ2) is 8.71. The quantitative estimate of drug-likeness (QED) is 0.599. The van der Waals surface area contributed by atoms with E-state index < -0.39 is 30.4 Å². The normalized spacial score (nSPS) is 16.4. The molecule has 2 aromatic rings. The maximum absolute atomic E-state index is 13.6. The third-order valence-corrected chi connectivity index (χ3v) is 4.46. The van der Waals surface area contributed by atoms with Crippen molar-refractivity contribution in [2.24, 2.45) is 0 Å². The van der Waals surface area contributed by atoms with Crippen molar-refractivity contribution in [1.29, 1.82) is 0 Å². The number of nitrogens with zero attached hydrogens (tertiary/aromatic N) is 1. The Labute approximate surface area is 168 Å². The van der Waals surface area contributed by atoms with Crippen molar-refractivity contribution in [3.8, 4) is 28.7 Å². The summed E-state index contributed by atoms with van der Waals surface area (Å²) >= 11 is 0. The Morgan fingerprint density at radius 3 is 2.60 bits per heavy atom. The molecule has 1 aliphatic heterocycles. The summed E-state index contributed by atoms with van der Waals surface area (Å²) in [5, 5.41) is 9.45. The summed E-state index contributed by atoms with van der Waals surface area (Å²) in [6.07, 6.45) is -4.94. The number of β-amino-alcohol motifs (C(OH)–C–C–N with tert-alkyl or cyclic N) is 1. The number of ether oxygens (including phenoxy) is 1.